The summed E-state index contributed by atoms with van der Waals surface area (Å²) in [5.41, 5.74) is 4.26. The fourth-order valence-corrected chi connectivity index (χ4v) is 3.46. The number of ether oxygens (including phenoxy) is 1. The zero-order valence-corrected chi connectivity index (χ0v) is 12.6. The van der Waals surface area contributed by atoms with Crippen molar-refractivity contribution in [1.82, 2.24) is 9.88 Å². The molecule has 1 aliphatic heterocycles. The van der Waals surface area contributed by atoms with E-state index in [1.54, 1.807) is 7.11 Å². The van der Waals surface area contributed by atoms with Gasteiger partial charge >= 0.3 is 0 Å². The molecule has 1 aromatic carbocycles. The van der Waals surface area contributed by atoms with Gasteiger partial charge in [-0.25, -0.2) is 0 Å². The van der Waals surface area contributed by atoms with Crippen LogP contribution in [0.3, 0.4) is 0 Å². The zero-order chi connectivity index (χ0) is 14.1. The van der Waals surface area contributed by atoms with E-state index in [1.165, 1.54) is 28.6 Å². The maximum atomic E-state index is 5.45. The standard InChI is InChI=1S/C17H24N2O/c1-12(2)10-15-17-14(8-9-18-15)13-6-4-5-7-16(13)19(17)11-20-3/h4-7,12,15,18H,8-11H2,1-3H3. The lowest BCUT2D eigenvalue weighted by Crippen LogP contribution is -2.32. The van der Waals surface area contributed by atoms with E-state index in [0.29, 0.717) is 18.7 Å². The van der Waals surface area contributed by atoms with Crippen LogP contribution in [0.25, 0.3) is 10.9 Å². The van der Waals surface area contributed by atoms with Gasteiger partial charge in [-0.1, -0.05) is 32.0 Å². The van der Waals surface area contributed by atoms with Crippen molar-refractivity contribution >= 4 is 10.9 Å². The van der Waals surface area contributed by atoms with E-state index in [-0.39, 0.29) is 0 Å². The van der Waals surface area contributed by atoms with Gasteiger partial charge in [-0.2, -0.15) is 0 Å². The van der Waals surface area contributed by atoms with Crippen molar-refractivity contribution < 1.29 is 4.74 Å². The molecular formula is C17H24N2O. The summed E-state index contributed by atoms with van der Waals surface area (Å²) in [4.78, 5) is 0. The fourth-order valence-electron chi connectivity index (χ4n) is 3.46. The molecule has 0 aliphatic carbocycles. The van der Waals surface area contributed by atoms with Crippen molar-refractivity contribution in [2.45, 2.75) is 39.5 Å². The van der Waals surface area contributed by atoms with Gasteiger partial charge in [0.25, 0.3) is 0 Å². The number of methoxy groups -OCH3 is 1. The van der Waals surface area contributed by atoms with Crippen molar-refractivity contribution in [1.29, 1.82) is 0 Å². The van der Waals surface area contributed by atoms with Gasteiger partial charge < -0.3 is 14.6 Å². The number of hydrogen-bond acceptors (Lipinski definition) is 2. The highest BCUT2D eigenvalue weighted by Gasteiger charge is 2.27. The minimum Gasteiger partial charge on any atom is -0.364 e. The smallest absolute Gasteiger partial charge is 0.122 e. The van der Waals surface area contributed by atoms with Crippen LogP contribution >= 0.6 is 0 Å². The SMILES string of the molecule is COCn1c2c(c3ccccc31)CCNC2CC(C)C. The molecule has 0 saturated carbocycles. The topological polar surface area (TPSA) is 26.2 Å². The number of fused-ring (bicyclic) bond motifs is 3. The van der Waals surface area contributed by atoms with Gasteiger partial charge in [0.05, 0.1) is 5.52 Å². The van der Waals surface area contributed by atoms with Crippen molar-refractivity contribution in [3.05, 3.63) is 35.5 Å². The maximum Gasteiger partial charge on any atom is 0.122 e. The molecule has 1 aromatic heterocycles. The van der Waals surface area contributed by atoms with Crippen LogP contribution in [0.5, 0.6) is 0 Å². The van der Waals surface area contributed by atoms with E-state index < -0.39 is 0 Å². The van der Waals surface area contributed by atoms with Gasteiger partial charge in [-0.05, 0) is 36.9 Å². The van der Waals surface area contributed by atoms with Crippen molar-refractivity contribution in [2.24, 2.45) is 5.92 Å². The summed E-state index contributed by atoms with van der Waals surface area (Å²) < 4.78 is 7.80. The normalized spacial score (nSPS) is 18.7. The van der Waals surface area contributed by atoms with Crippen LogP contribution in [0.4, 0.5) is 0 Å². The third-order valence-electron chi connectivity index (χ3n) is 4.18. The average Bonchev–Trinajstić information content (AvgIpc) is 2.75. The summed E-state index contributed by atoms with van der Waals surface area (Å²) in [7, 11) is 1.77. The molecule has 2 aromatic rings. The maximum absolute atomic E-state index is 5.45. The molecule has 1 aliphatic rings. The Bertz CT molecular complexity index is 600. The number of para-hydroxylation sites is 1. The van der Waals surface area contributed by atoms with Gasteiger partial charge in [0, 0.05) is 24.2 Å². The van der Waals surface area contributed by atoms with Crippen molar-refractivity contribution in [3.8, 4) is 0 Å². The largest absolute Gasteiger partial charge is 0.364 e. The summed E-state index contributed by atoms with van der Waals surface area (Å²) in [6, 6.07) is 9.16. The van der Waals surface area contributed by atoms with E-state index in [2.05, 4.69) is 48.0 Å². The Morgan fingerprint density at radius 3 is 2.90 bits per heavy atom. The van der Waals surface area contributed by atoms with Crippen LogP contribution in [0.1, 0.15) is 37.6 Å². The summed E-state index contributed by atoms with van der Waals surface area (Å²) in [6.07, 6.45) is 2.29. The van der Waals surface area contributed by atoms with Crippen LogP contribution in [-0.4, -0.2) is 18.2 Å². The predicted octanol–water partition coefficient (Wildman–Crippen LogP) is 3.48. The molecule has 3 rings (SSSR count). The molecule has 0 fully saturated rings. The molecule has 0 bridgehead atoms. The van der Waals surface area contributed by atoms with Crippen LogP contribution in [-0.2, 0) is 17.9 Å². The lowest BCUT2D eigenvalue weighted by atomic mass is 9.93. The number of aromatic nitrogens is 1. The van der Waals surface area contributed by atoms with Crippen molar-refractivity contribution in [2.75, 3.05) is 13.7 Å². The van der Waals surface area contributed by atoms with Crippen LogP contribution in [0.2, 0.25) is 0 Å². The Labute approximate surface area is 120 Å². The molecule has 0 radical (unpaired) electrons. The number of hydrogen-bond donors (Lipinski definition) is 1. The summed E-state index contributed by atoms with van der Waals surface area (Å²) in [5.74, 6) is 0.687. The van der Waals surface area contributed by atoms with Gasteiger partial charge in [-0.3, -0.25) is 0 Å². The second-order valence-corrected chi connectivity index (χ2v) is 6.11. The first kappa shape index (κ1) is 13.7. The Morgan fingerprint density at radius 1 is 1.35 bits per heavy atom. The summed E-state index contributed by atoms with van der Waals surface area (Å²) in [6.45, 7) is 6.29. The first-order chi connectivity index (χ1) is 9.72. The summed E-state index contributed by atoms with van der Waals surface area (Å²) >= 11 is 0. The molecule has 3 heteroatoms. The average molecular weight is 272 g/mol. The number of nitrogens with one attached hydrogen (secondary N) is 1. The second-order valence-electron chi connectivity index (χ2n) is 6.11. The molecule has 1 N–H and O–H groups in total. The molecule has 20 heavy (non-hydrogen) atoms. The third kappa shape index (κ3) is 2.25. The molecular weight excluding hydrogens is 248 g/mol. The Kier molecular flexibility index (Phi) is 3.81. The predicted molar refractivity (Wildman–Crippen MR) is 82.8 cm³/mol. The third-order valence-corrected chi connectivity index (χ3v) is 4.18. The highest BCUT2D eigenvalue weighted by Crippen LogP contribution is 2.35. The minimum absolute atomic E-state index is 0.446. The van der Waals surface area contributed by atoms with Crippen LogP contribution in [0, 0.1) is 5.92 Å². The van der Waals surface area contributed by atoms with Gasteiger partial charge in [0.2, 0.25) is 0 Å². The van der Waals surface area contributed by atoms with E-state index in [0.717, 1.165) is 13.0 Å². The Balaban J connectivity index is 2.17. The quantitative estimate of drug-likeness (QED) is 0.922. The van der Waals surface area contributed by atoms with E-state index in [4.69, 9.17) is 4.74 Å². The Morgan fingerprint density at radius 2 is 2.15 bits per heavy atom. The lowest BCUT2D eigenvalue weighted by molar-refractivity contribution is 0.129. The molecule has 3 nitrogen and oxygen atoms in total. The molecule has 2 heterocycles. The number of rotatable bonds is 4. The van der Waals surface area contributed by atoms with Crippen LogP contribution < -0.4 is 5.32 Å². The van der Waals surface area contributed by atoms with Gasteiger partial charge in [0.1, 0.15) is 6.73 Å². The summed E-state index contributed by atoms with van der Waals surface area (Å²) in [5, 5.41) is 5.09. The molecule has 1 atom stereocenters. The van der Waals surface area contributed by atoms with Crippen molar-refractivity contribution in [3.63, 3.8) is 0 Å². The number of benzene rings is 1. The molecule has 1 unspecified atom stereocenters. The van der Waals surface area contributed by atoms with E-state index in [1.807, 2.05) is 0 Å². The minimum atomic E-state index is 0.446. The second kappa shape index (κ2) is 5.58. The molecule has 0 saturated heterocycles. The highest BCUT2D eigenvalue weighted by atomic mass is 16.5. The first-order valence-corrected chi connectivity index (χ1v) is 7.54. The van der Waals surface area contributed by atoms with Gasteiger partial charge in [-0.15, -0.1) is 0 Å². The van der Waals surface area contributed by atoms with E-state index in [9.17, 15) is 0 Å². The lowest BCUT2D eigenvalue weighted by Gasteiger charge is -2.28. The molecule has 0 amide bonds. The molecule has 0 spiro atoms. The van der Waals surface area contributed by atoms with E-state index >= 15 is 0 Å². The Hall–Kier alpha value is -1.32. The zero-order valence-electron chi connectivity index (χ0n) is 12.6. The molecule has 108 valence electrons. The first-order valence-electron chi connectivity index (χ1n) is 7.54. The number of nitrogens with zero attached hydrogens (tertiary/aromatic N) is 1. The monoisotopic (exact) mass is 272 g/mol. The van der Waals surface area contributed by atoms with Gasteiger partial charge in [0.15, 0.2) is 0 Å². The highest BCUT2D eigenvalue weighted by molar-refractivity contribution is 5.86. The fraction of sp³-hybridized carbons (Fsp3) is 0.529. The van der Waals surface area contributed by atoms with Crippen LogP contribution in [0.15, 0.2) is 24.3 Å².